The normalized spacial score (nSPS) is 13.9. The van der Waals surface area contributed by atoms with Gasteiger partial charge in [-0.3, -0.25) is 9.47 Å². The van der Waals surface area contributed by atoms with Gasteiger partial charge in [0.25, 0.3) is 0 Å². The van der Waals surface area contributed by atoms with Gasteiger partial charge < -0.3 is 10.2 Å². The van der Waals surface area contributed by atoms with E-state index in [4.69, 9.17) is 4.98 Å². The number of unbranched alkanes of at least 4 members (excludes halogenated alkanes) is 1. The molecule has 0 bridgehead atoms. The maximum absolute atomic E-state index is 5.02. The number of hydrogen-bond donors (Lipinski definition) is 1. The first-order valence-electron chi connectivity index (χ1n) is 13.8. The van der Waals surface area contributed by atoms with Crippen LogP contribution in [0, 0.1) is 13.8 Å². The third-order valence-electron chi connectivity index (χ3n) is 7.68. The second-order valence-corrected chi connectivity index (χ2v) is 11.1. The van der Waals surface area contributed by atoms with E-state index in [1.54, 1.807) is 17.7 Å². The van der Waals surface area contributed by atoms with E-state index < -0.39 is 0 Å². The molecule has 3 aromatic heterocycles. The molecule has 0 spiro atoms. The number of nitrogens with zero attached hydrogens (tertiary/aromatic N) is 6. The largest absolute Gasteiger partial charge is 0.369 e. The summed E-state index contributed by atoms with van der Waals surface area (Å²) in [5, 5.41) is 5.63. The van der Waals surface area contributed by atoms with Gasteiger partial charge in [-0.2, -0.15) is 0 Å². The smallest absolute Gasteiger partial charge is 0.170 e. The molecule has 9 heteroatoms. The Labute approximate surface area is 246 Å². The topological polar surface area (TPSA) is 62.1 Å². The maximum atomic E-state index is 5.02. The molecule has 2 aromatic carbocycles. The van der Waals surface area contributed by atoms with Gasteiger partial charge in [0.1, 0.15) is 6.33 Å². The summed E-state index contributed by atoms with van der Waals surface area (Å²) in [6.45, 7) is 10.9. The van der Waals surface area contributed by atoms with Crippen molar-refractivity contribution in [3.63, 3.8) is 0 Å². The van der Waals surface area contributed by atoms with Crippen LogP contribution in [0.2, 0.25) is 0 Å². The lowest BCUT2D eigenvalue weighted by Gasteiger charge is -2.37. The molecular formula is C31H36ClN7S. The van der Waals surface area contributed by atoms with Gasteiger partial charge in [-0.05, 0) is 74.0 Å². The summed E-state index contributed by atoms with van der Waals surface area (Å²) in [6, 6.07) is 21.1. The highest BCUT2D eigenvalue weighted by Crippen LogP contribution is 2.32. The molecule has 0 unspecified atom stereocenters. The average molecular weight is 574 g/mol. The molecule has 7 nitrogen and oxygen atoms in total. The van der Waals surface area contributed by atoms with Gasteiger partial charge in [-0.1, -0.05) is 36.4 Å². The summed E-state index contributed by atoms with van der Waals surface area (Å²) in [7, 11) is 0. The Morgan fingerprint density at radius 1 is 0.875 bits per heavy atom. The van der Waals surface area contributed by atoms with Gasteiger partial charge in [-0.15, -0.1) is 23.7 Å². The Morgan fingerprint density at radius 2 is 1.70 bits per heavy atom. The Morgan fingerprint density at radius 3 is 2.48 bits per heavy atom. The SMILES string of the molecule is Cc1cccc(N2CCN(CCCCNc3ncnc4c3nc(-c3cccs3)n4-c3ccccc3)CC2)c1C.Cl. The molecule has 5 aromatic rings. The molecule has 0 saturated carbocycles. The van der Waals surface area contributed by atoms with Crippen LogP contribution in [0.5, 0.6) is 0 Å². The van der Waals surface area contributed by atoms with Gasteiger partial charge in [0, 0.05) is 44.1 Å². The van der Waals surface area contributed by atoms with Crippen molar-refractivity contribution >= 4 is 46.4 Å². The Kier molecular flexibility index (Phi) is 8.99. The van der Waals surface area contributed by atoms with Crippen LogP contribution in [-0.4, -0.2) is 63.7 Å². The van der Waals surface area contributed by atoms with Crippen LogP contribution in [-0.2, 0) is 0 Å². The molecule has 208 valence electrons. The maximum Gasteiger partial charge on any atom is 0.170 e. The molecule has 0 atom stereocenters. The highest BCUT2D eigenvalue weighted by molar-refractivity contribution is 7.13. The van der Waals surface area contributed by atoms with E-state index in [1.165, 1.54) is 16.8 Å². The number of hydrogen-bond acceptors (Lipinski definition) is 7. The third-order valence-corrected chi connectivity index (χ3v) is 8.55. The van der Waals surface area contributed by atoms with E-state index >= 15 is 0 Å². The fourth-order valence-electron chi connectivity index (χ4n) is 5.37. The lowest BCUT2D eigenvalue weighted by atomic mass is 10.1. The van der Waals surface area contributed by atoms with Crippen molar-refractivity contribution < 1.29 is 0 Å². The molecule has 4 heterocycles. The number of rotatable bonds is 9. The average Bonchev–Trinajstić information content (AvgIpc) is 3.64. The zero-order valence-corrected chi connectivity index (χ0v) is 24.7. The highest BCUT2D eigenvalue weighted by Gasteiger charge is 2.20. The first-order valence-corrected chi connectivity index (χ1v) is 14.7. The van der Waals surface area contributed by atoms with E-state index in [0.29, 0.717) is 0 Å². The van der Waals surface area contributed by atoms with Crippen molar-refractivity contribution in [2.24, 2.45) is 0 Å². The molecule has 1 saturated heterocycles. The molecule has 40 heavy (non-hydrogen) atoms. The molecule has 1 N–H and O–H groups in total. The first-order chi connectivity index (χ1) is 19.2. The monoisotopic (exact) mass is 573 g/mol. The molecule has 1 aliphatic heterocycles. The minimum atomic E-state index is 0. The lowest BCUT2D eigenvalue weighted by molar-refractivity contribution is 0.253. The van der Waals surface area contributed by atoms with Crippen LogP contribution in [0.3, 0.4) is 0 Å². The molecular weight excluding hydrogens is 538 g/mol. The lowest BCUT2D eigenvalue weighted by Crippen LogP contribution is -2.46. The van der Waals surface area contributed by atoms with E-state index in [0.717, 1.165) is 85.5 Å². The second kappa shape index (κ2) is 12.8. The van der Waals surface area contributed by atoms with Gasteiger partial charge in [-0.25, -0.2) is 15.0 Å². The third kappa shape index (κ3) is 5.84. The van der Waals surface area contributed by atoms with Gasteiger partial charge in [0.15, 0.2) is 22.8 Å². The molecule has 1 fully saturated rings. The number of aryl methyl sites for hydroxylation is 1. The van der Waals surface area contributed by atoms with Gasteiger partial charge >= 0.3 is 0 Å². The highest BCUT2D eigenvalue weighted by atomic mass is 35.5. The second-order valence-electron chi connectivity index (χ2n) is 10.2. The number of aromatic nitrogens is 4. The summed E-state index contributed by atoms with van der Waals surface area (Å²) >= 11 is 1.68. The number of nitrogens with one attached hydrogen (secondary N) is 1. The van der Waals surface area contributed by atoms with Crippen LogP contribution in [0.4, 0.5) is 11.5 Å². The van der Waals surface area contributed by atoms with E-state index in [1.807, 2.05) is 18.2 Å². The van der Waals surface area contributed by atoms with Gasteiger partial charge in [0.2, 0.25) is 0 Å². The van der Waals surface area contributed by atoms with Gasteiger partial charge in [0.05, 0.1) is 4.88 Å². The molecule has 0 radical (unpaired) electrons. The first kappa shape index (κ1) is 28.1. The number of para-hydroxylation sites is 1. The Hall–Kier alpha value is -3.46. The summed E-state index contributed by atoms with van der Waals surface area (Å²) < 4.78 is 2.13. The molecule has 0 amide bonds. The van der Waals surface area contributed by atoms with Crippen molar-refractivity contribution in [2.75, 3.05) is 49.5 Å². The van der Waals surface area contributed by atoms with E-state index in [-0.39, 0.29) is 12.4 Å². The zero-order valence-electron chi connectivity index (χ0n) is 23.1. The van der Waals surface area contributed by atoms with Crippen molar-refractivity contribution in [1.82, 2.24) is 24.4 Å². The minimum Gasteiger partial charge on any atom is -0.369 e. The number of anilines is 2. The number of imidazole rings is 1. The van der Waals surface area contributed by atoms with Crippen LogP contribution < -0.4 is 10.2 Å². The number of fused-ring (bicyclic) bond motifs is 1. The summed E-state index contributed by atoms with van der Waals surface area (Å²) in [6.07, 6.45) is 3.88. The summed E-state index contributed by atoms with van der Waals surface area (Å²) in [5.41, 5.74) is 6.86. The van der Waals surface area contributed by atoms with Crippen LogP contribution in [0.25, 0.3) is 27.6 Å². The quantitative estimate of drug-likeness (QED) is 0.201. The van der Waals surface area contributed by atoms with Crippen LogP contribution in [0.1, 0.15) is 24.0 Å². The van der Waals surface area contributed by atoms with Crippen molar-refractivity contribution in [3.05, 3.63) is 83.5 Å². The number of piperazine rings is 1. The molecule has 1 aliphatic rings. The molecule has 0 aliphatic carbocycles. The van der Waals surface area contributed by atoms with Crippen molar-refractivity contribution in [3.8, 4) is 16.4 Å². The van der Waals surface area contributed by atoms with Crippen molar-refractivity contribution in [2.45, 2.75) is 26.7 Å². The minimum absolute atomic E-state index is 0. The standard InChI is InChI=1S/C31H35N7S.ClH/c1-23-10-8-13-26(24(23)2)37-19-17-36(18-20-37)16-7-6-15-32-29-28-31(34-22-33-29)38(25-11-4-3-5-12-25)30(35-28)27-14-9-21-39-27;/h3-5,8-14,21-22H,6-7,15-20H2,1-2H3,(H,32,33,34);1H. The molecule has 6 rings (SSSR count). The van der Waals surface area contributed by atoms with Crippen LogP contribution in [0.15, 0.2) is 72.4 Å². The number of halogens is 1. The summed E-state index contributed by atoms with van der Waals surface area (Å²) in [4.78, 5) is 20.5. The summed E-state index contributed by atoms with van der Waals surface area (Å²) in [5.74, 6) is 1.70. The number of benzene rings is 2. The zero-order chi connectivity index (χ0) is 26.6. The van der Waals surface area contributed by atoms with E-state index in [9.17, 15) is 0 Å². The van der Waals surface area contributed by atoms with Crippen LogP contribution >= 0.6 is 23.7 Å². The number of thiophene rings is 1. The predicted molar refractivity (Wildman–Crippen MR) is 170 cm³/mol. The Bertz CT molecular complexity index is 1530. The fourth-order valence-corrected chi connectivity index (χ4v) is 6.08. The Balaban J connectivity index is 0.00000323. The fraction of sp³-hybridized carbons (Fsp3) is 0.323. The van der Waals surface area contributed by atoms with E-state index in [2.05, 4.69) is 91.3 Å². The predicted octanol–water partition coefficient (Wildman–Crippen LogP) is 6.60. The van der Waals surface area contributed by atoms with Crippen molar-refractivity contribution in [1.29, 1.82) is 0 Å².